The van der Waals surface area contributed by atoms with Crippen LogP contribution in [0.5, 0.6) is 0 Å². The van der Waals surface area contributed by atoms with Gasteiger partial charge >= 0.3 is 6.03 Å². The highest BCUT2D eigenvalue weighted by Crippen LogP contribution is 2.17. The predicted molar refractivity (Wildman–Crippen MR) is 72.2 cm³/mol. The summed E-state index contributed by atoms with van der Waals surface area (Å²) in [4.78, 5) is 11.7. The number of urea groups is 1. The molecule has 3 atom stereocenters. The molecule has 0 aliphatic carbocycles. The van der Waals surface area contributed by atoms with Gasteiger partial charge in [0.2, 0.25) is 0 Å². The molecule has 0 radical (unpaired) electrons. The van der Waals surface area contributed by atoms with Gasteiger partial charge in [-0.25, -0.2) is 13.6 Å². The van der Waals surface area contributed by atoms with E-state index in [9.17, 15) is 13.6 Å². The van der Waals surface area contributed by atoms with Crippen LogP contribution < -0.4 is 10.6 Å². The smallest absolute Gasteiger partial charge is 0.315 e. The second-order valence-electron chi connectivity index (χ2n) is 4.95. The molecule has 0 aliphatic heterocycles. The fraction of sp³-hybridized carbons (Fsp3) is 0.500. The molecule has 0 saturated heterocycles. The van der Waals surface area contributed by atoms with Gasteiger partial charge in [-0.15, -0.1) is 0 Å². The average Bonchev–Trinajstić information content (AvgIpc) is 2.37. The van der Waals surface area contributed by atoms with Gasteiger partial charge in [0.15, 0.2) is 0 Å². The Morgan fingerprint density at radius 3 is 2.45 bits per heavy atom. The van der Waals surface area contributed by atoms with Crippen LogP contribution in [0.15, 0.2) is 18.2 Å². The molecule has 0 bridgehead atoms. The van der Waals surface area contributed by atoms with Crippen molar-refractivity contribution >= 4 is 6.03 Å². The van der Waals surface area contributed by atoms with Crippen LogP contribution in [0.4, 0.5) is 13.6 Å². The minimum atomic E-state index is -0.699. The van der Waals surface area contributed by atoms with E-state index in [2.05, 4.69) is 10.6 Å². The zero-order valence-electron chi connectivity index (χ0n) is 11.8. The number of hydrogen-bond donors (Lipinski definition) is 3. The van der Waals surface area contributed by atoms with E-state index in [1.54, 1.807) is 20.8 Å². The van der Waals surface area contributed by atoms with Crippen LogP contribution in [0, 0.1) is 17.6 Å². The van der Waals surface area contributed by atoms with Crippen LogP contribution in [-0.2, 0) is 0 Å². The molecule has 0 aliphatic rings. The van der Waals surface area contributed by atoms with Crippen LogP contribution in [0.3, 0.4) is 0 Å². The van der Waals surface area contributed by atoms with Gasteiger partial charge in [0.05, 0.1) is 6.04 Å². The Bertz CT molecular complexity index is 468. The van der Waals surface area contributed by atoms with Crippen molar-refractivity contribution in [1.82, 2.24) is 10.6 Å². The maximum absolute atomic E-state index is 13.6. The van der Waals surface area contributed by atoms with E-state index in [1.807, 2.05) is 0 Å². The fourth-order valence-electron chi connectivity index (χ4n) is 1.68. The van der Waals surface area contributed by atoms with Crippen LogP contribution in [0.1, 0.15) is 32.4 Å². The molecule has 3 N–H and O–H groups in total. The molecule has 4 nitrogen and oxygen atoms in total. The number of hydrogen-bond acceptors (Lipinski definition) is 2. The van der Waals surface area contributed by atoms with Crippen molar-refractivity contribution in [2.75, 3.05) is 6.61 Å². The number of carbonyl (C=O) groups excluding carboxylic acids is 1. The molecular weight excluding hydrogens is 266 g/mol. The molecule has 0 spiro atoms. The first-order chi connectivity index (χ1) is 9.35. The summed E-state index contributed by atoms with van der Waals surface area (Å²) in [6.07, 6.45) is 0. The van der Waals surface area contributed by atoms with Crippen molar-refractivity contribution in [1.29, 1.82) is 0 Å². The molecular formula is C14H20F2N2O2. The summed E-state index contributed by atoms with van der Waals surface area (Å²) in [6.45, 7) is 5.14. The van der Waals surface area contributed by atoms with Crippen LogP contribution in [-0.4, -0.2) is 23.8 Å². The Kier molecular flexibility index (Phi) is 5.88. The zero-order valence-corrected chi connectivity index (χ0v) is 11.8. The first-order valence-electron chi connectivity index (χ1n) is 6.48. The summed E-state index contributed by atoms with van der Waals surface area (Å²) >= 11 is 0. The minimum Gasteiger partial charge on any atom is -0.396 e. The number of aliphatic hydroxyl groups excluding tert-OH is 1. The third kappa shape index (κ3) is 4.45. The van der Waals surface area contributed by atoms with Crippen molar-refractivity contribution < 1.29 is 18.7 Å². The van der Waals surface area contributed by atoms with E-state index in [-0.39, 0.29) is 24.1 Å². The summed E-state index contributed by atoms with van der Waals surface area (Å²) in [5, 5.41) is 14.2. The van der Waals surface area contributed by atoms with Crippen molar-refractivity contribution in [2.45, 2.75) is 32.9 Å². The maximum Gasteiger partial charge on any atom is 0.315 e. The molecule has 2 amide bonds. The third-order valence-electron chi connectivity index (χ3n) is 3.28. The average molecular weight is 286 g/mol. The van der Waals surface area contributed by atoms with E-state index >= 15 is 0 Å². The van der Waals surface area contributed by atoms with Crippen molar-refractivity contribution in [3.8, 4) is 0 Å². The monoisotopic (exact) mass is 286 g/mol. The largest absolute Gasteiger partial charge is 0.396 e. The van der Waals surface area contributed by atoms with Crippen LogP contribution in [0.25, 0.3) is 0 Å². The predicted octanol–water partition coefficient (Wildman–Crippen LogP) is 2.34. The van der Waals surface area contributed by atoms with Gasteiger partial charge in [-0.1, -0.05) is 13.0 Å². The van der Waals surface area contributed by atoms with Crippen LogP contribution in [0.2, 0.25) is 0 Å². The second-order valence-corrected chi connectivity index (χ2v) is 4.95. The number of carbonyl (C=O) groups is 1. The molecule has 1 rings (SSSR count). The molecule has 0 heterocycles. The second kappa shape index (κ2) is 7.19. The lowest BCUT2D eigenvalue weighted by molar-refractivity contribution is 0.199. The Morgan fingerprint density at radius 2 is 1.90 bits per heavy atom. The summed E-state index contributed by atoms with van der Waals surface area (Å²) in [6, 6.07) is 1.95. The highest BCUT2D eigenvalue weighted by Gasteiger charge is 2.17. The molecule has 0 saturated carbocycles. The molecule has 3 unspecified atom stereocenters. The quantitative estimate of drug-likeness (QED) is 0.778. The van der Waals surface area contributed by atoms with Gasteiger partial charge < -0.3 is 15.7 Å². The minimum absolute atomic E-state index is 0.0381. The van der Waals surface area contributed by atoms with Gasteiger partial charge in [0, 0.05) is 24.3 Å². The lowest BCUT2D eigenvalue weighted by Gasteiger charge is -2.22. The summed E-state index contributed by atoms with van der Waals surface area (Å²) in [5.41, 5.74) is 0.212. The van der Waals surface area contributed by atoms with E-state index < -0.39 is 23.7 Å². The number of aliphatic hydroxyl groups is 1. The van der Waals surface area contributed by atoms with E-state index in [4.69, 9.17) is 5.11 Å². The Hall–Kier alpha value is -1.69. The number of benzene rings is 1. The molecule has 6 heteroatoms. The summed E-state index contributed by atoms with van der Waals surface area (Å²) in [5.74, 6) is -1.44. The topological polar surface area (TPSA) is 61.4 Å². The third-order valence-corrected chi connectivity index (χ3v) is 3.28. The van der Waals surface area contributed by atoms with Gasteiger partial charge in [-0.3, -0.25) is 0 Å². The normalized spacial score (nSPS) is 15.3. The van der Waals surface area contributed by atoms with E-state index in [0.29, 0.717) is 0 Å². The highest BCUT2D eigenvalue weighted by atomic mass is 19.1. The SMILES string of the molecule is CC(NC(=O)NC(C)C(C)CO)c1ccc(F)cc1F. The van der Waals surface area contributed by atoms with Gasteiger partial charge in [0.1, 0.15) is 11.6 Å². The fourth-order valence-corrected chi connectivity index (χ4v) is 1.68. The summed E-state index contributed by atoms with van der Waals surface area (Å²) < 4.78 is 26.4. The Labute approximate surface area is 117 Å². The van der Waals surface area contributed by atoms with Crippen LogP contribution >= 0.6 is 0 Å². The molecule has 1 aromatic carbocycles. The first-order valence-corrected chi connectivity index (χ1v) is 6.48. The molecule has 0 fully saturated rings. The molecule has 112 valence electrons. The standard InChI is InChI=1S/C14H20F2N2O2/c1-8(7-19)9(2)17-14(20)18-10(3)12-5-4-11(15)6-13(12)16/h4-6,8-10,19H,7H2,1-3H3,(H2,17,18,20). The van der Waals surface area contributed by atoms with Gasteiger partial charge in [-0.05, 0) is 25.8 Å². The lowest BCUT2D eigenvalue weighted by atomic mass is 10.1. The van der Waals surface area contributed by atoms with Crippen molar-refractivity contribution in [2.24, 2.45) is 5.92 Å². The van der Waals surface area contributed by atoms with Crippen molar-refractivity contribution in [3.63, 3.8) is 0 Å². The number of halogens is 2. The zero-order chi connectivity index (χ0) is 15.3. The van der Waals surface area contributed by atoms with Gasteiger partial charge in [-0.2, -0.15) is 0 Å². The van der Waals surface area contributed by atoms with E-state index in [1.165, 1.54) is 6.07 Å². The number of amides is 2. The first kappa shape index (κ1) is 16.4. The summed E-state index contributed by atoms with van der Waals surface area (Å²) in [7, 11) is 0. The number of nitrogens with one attached hydrogen (secondary N) is 2. The van der Waals surface area contributed by atoms with Crippen molar-refractivity contribution in [3.05, 3.63) is 35.4 Å². The maximum atomic E-state index is 13.6. The lowest BCUT2D eigenvalue weighted by Crippen LogP contribution is -2.45. The molecule has 0 aromatic heterocycles. The van der Waals surface area contributed by atoms with E-state index in [0.717, 1.165) is 12.1 Å². The Balaban J connectivity index is 2.61. The number of rotatable bonds is 5. The van der Waals surface area contributed by atoms with Gasteiger partial charge in [0.25, 0.3) is 0 Å². The molecule has 1 aromatic rings. The molecule has 20 heavy (non-hydrogen) atoms. The Morgan fingerprint density at radius 1 is 1.25 bits per heavy atom. The highest BCUT2D eigenvalue weighted by molar-refractivity contribution is 5.74.